The van der Waals surface area contributed by atoms with Crippen LogP contribution in [0.2, 0.25) is 0 Å². The van der Waals surface area contributed by atoms with Crippen molar-refractivity contribution in [3.8, 4) is 5.75 Å². The summed E-state index contributed by atoms with van der Waals surface area (Å²) in [6.45, 7) is 1.31. The first-order chi connectivity index (χ1) is 9.47. The van der Waals surface area contributed by atoms with Gasteiger partial charge >= 0.3 is 0 Å². The number of aliphatic hydroxyl groups is 1. The molecule has 0 spiro atoms. The topological polar surface area (TPSA) is 102 Å². The molecule has 1 aliphatic rings. The number of hydrogen-bond acceptors (Lipinski definition) is 5. The SMILES string of the molecule is CC(O)c1cc([N+](=O)[O-])ccc1OCC(=O)NC1CC1. The molecule has 2 rings (SSSR count). The summed E-state index contributed by atoms with van der Waals surface area (Å²) in [5, 5.41) is 23.1. The second kappa shape index (κ2) is 5.87. The molecule has 1 unspecified atom stereocenters. The van der Waals surface area contributed by atoms with Gasteiger partial charge in [0.1, 0.15) is 5.75 Å². The number of nitrogens with one attached hydrogen (secondary N) is 1. The Labute approximate surface area is 115 Å². The highest BCUT2D eigenvalue weighted by molar-refractivity contribution is 5.78. The third-order valence-electron chi connectivity index (χ3n) is 2.96. The summed E-state index contributed by atoms with van der Waals surface area (Å²) >= 11 is 0. The highest BCUT2D eigenvalue weighted by Gasteiger charge is 2.23. The fourth-order valence-electron chi connectivity index (χ4n) is 1.75. The summed E-state index contributed by atoms with van der Waals surface area (Å²) in [5.74, 6) is 0.0407. The Morgan fingerprint density at radius 2 is 2.30 bits per heavy atom. The number of non-ortho nitro benzene ring substituents is 1. The van der Waals surface area contributed by atoms with Crippen LogP contribution in [0.1, 0.15) is 31.4 Å². The molecule has 1 aromatic rings. The van der Waals surface area contributed by atoms with Crippen LogP contribution in [-0.2, 0) is 4.79 Å². The minimum atomic E-state index is -0.920. The van der Waals surface area contributed by atoms with Gasteiger partial charge in [-0.25, -0.2) is 0 Å². The standard InChI is InChI=1S/C13H16N2O5/c1-8(16)11-6-10(15(18)19)4-5-12(11)20-7-13(17)14-9-2-3-9/h4-6,8-9,16H,2-3,7H2,1H3,(H,14,17). The lowest BCUT2D eigenvalue weighted by Gasteiger charge is -2.13. The van der Waals surface area contributed by atoms with Gasteiger partial charge in [-0.1, -0.05) is 0 Å². The van der Waals surface area contributed by atoms with E-state index >= 15 is 0 Å². The average molecular weight is 280 g/mol. The Morgan fingerprint density at radius 1 is 1.60 bits per heavy atom. The summed E-state index contributed by atoms with van der Waals surface area (Å²) in [6.07, 6.45) is 1.06. The van der Waals surface area contributed by atoms with Gasteiger partial charge in [0, 0.05) is 23.7 Å². The molecule has 0 aliphatic heterocycles. The zero-order valence-electron chi connectivity index (χ0n) is 11.0. The second-order valence-corrected chi connectivity index (χ2v) is 4.79. The van der Waals surface area contributed by atoms with Crippen LogP contribution in [0.5, 0.6) is 5.75 Å². The van der Waals surface area contributed by atoms with Crippen LogP contribution >= 0.6 is 0 Å². The molecule has 1 amide bonds. The molecule has 2 N–H and O–H groups in total. The average Bonchev–Trinajstić information content (AvgIpc) is 3.19. The lowest BCUT2D eigenvalue weighted by molar-refractivity contribution is -0.385. The van der Waals surface area contributed by atoms with Crippen molar-refractivity contribution in [3.63, 3.8) is 0 Å². The molecule has 0 saturated heterocycles. The largest absolute Gasteiger partial charge is 0.483 e. The van der Waals surface area contributed by atoms with Crippen LogP contribution in [-0.4, -0.2) is 28.6 Å². The van der Waals surface area contributed by atoms with Crippen LogP contribution in [0, 0.1) is 10.1 Å². The van der Waals surface area contributed by atoms with Gasteiger partial charge in [0.15, 0.2) is 6.61 Å². The normalized spacial score (nSPS) is 15.5. The monoisotopic (exact) mass is 280 g/mol. The van der Waals surface area contributed by atoms with Crippen molar-refractivity contribution in [2.75, 3.05) is 6.61 Å². The molecule has 1 aromatic carbocycles. The van der Waals surface area contributed by atoms with Crippen molar-refractivity contribution in [1.29, 1.82) is 0 Å². The van der Waals surface area contributed by atoms with Gasteiger partial charge in [0.05, 0.1) is 11.0 Å². The van der Waals surface area contributed by atoms with E-state index in [1.807, 2.05) is 0 Å². The first-order valence-electron chi connectivity index (χ1n) is 6.36. The molecule has 0 aromatic heterocycles. The van der Waals surface area contributed by atoms with Crippen molar-refractivity contribution in [2.24, 2.45) is 0 Å². The van der Waals surface area contributed by atoms with Gasteiger partial charge in [-0.2, -0.15) is 0 Å². The Morgan fingerprint density at radius 3 is 2.85 bits per heavy atom. The van der Waals surface area contributed by atoms with Crippen molar-refractivity contribution in [1.82, 2.24) is 5.32 Å². The summed E-state index contributed by atoms with van der Waals surface area (Å²) in [6, 6.07) is 4.17. The van der Waals surface area contributed by atoms with Crippen molar-refractivity contribution < 1.29 is 19.6 Å². The molecular weight excluding hydrogens is 264 g/mol. The zero-order chi connectivity index (χ0) is 14.7. The van der Waals surface area contributed by atoms with Crippen LogP contribution in [0.4, 0.5) is 5.69 Å². The molecule has 1 aliphatic carbocycles. The zero-order valence-corrected chi connectivity index (χ0v) is 11.0. The third-order valence-corrected chi connectivity index (χ3v) is 2.96. The van der Waals surface area contributed by atoms with E-state index in [0.717, 1.165) is 12.8 Å². The van der Waals surface area contributed by atoms with Crippen molar-refractivity contribution in [2.45, 2.75) is 31.9 Å². The van der Waals surface area contributed by atoms with Crippen LogP contribution < -0.4 is 10.1 Å². The van der Waals surface area contributed by atoms with Gasteiger partial charge in [-0.05, 0) is 25.8 Å². The highest BCUT2D eigenvalue weighted by Crippen LogP contribution is 2.29. The lowest BCUT2D eigenvalue weighted by Crippen LogP contribution is -2.30. The van der Waals surface area contributed by atoms with E-state index in [4.69, 9.17) is 4.74 Å². The number of nitro benzene ring substituents is 1. The number of amides is 1. The molecule has 0 heterocycles. The number of benzene rings is 1. The van der Waals surface area contributed by atoms with Gasteiger partial charge in [0.2, 0.25) is 0 Å². The number of hydrogen-bond donors (Lipinski definition) is 2. The number of aliphatic hydroxyl groups excluding tert-OH is 1. The Bertz CT molecular complexity index is 525. The number of nitro groups is 1. The second-order valence-electron chi connectivity index (χ2n) is 4.79. The molecule has 7 nitrogen and oxygen atoms in total. The minimum Gasteiger partial charge on any atom is -0.483 e. The summed E-state index contributed by atoms with van der Waals surface area (Å²) in [5.41, 5.74) is 0.161. The fraction of sp³-hybridized carbons (Fsp3) is 0.462. The smallest absolute Gasteiger partial charge is 0.270 e. The van der Waals surface area contributed by atoms with E-state index in [9.17, 15) is 20.0 Å². The number of carbonyl (C=O) groups excluding carboxylic acids is 1. The van der Waals surface area contributed by atoms with Crippen LogP contribution in [0.3, 0.4) is 0 Å². The van der Waals surface area contributed by atoms with Gasteiger partial charge in [-0.3, -0.25) is 14.9 Å². The van der Waals surface area contributed by atoms with Gasteiger partial charge in [0.25, 0.3) is 11.6 Å². The maximum absolute atomic E-state index is 11.5. The number of nitrogens with zero attached hydrogens (tertiary/aromatic N) is 1. The van der Waals surface area contributed by atoms with E-state index in [2.05, 4.69) is 5.32 Å². The molecule has 7 heteroatoms. The number of carbonyl (C=O) groups is 1. The quantitative estimate of drug-likeness (QED) is 0.604. The van der Waals surface area contributed by atoms with E-state index in [0.29, 0.717) is 5.56 Å². The summed E-state index contributed by atoms with van der Waals surface area (Å²) < 4.78 is 5.33. The molecule has 1 saturated carbocycles. The van der Waals surface area contributed by atoms with E-state index in [1.54, 1.807) is 0 Å². The molecule has 0 radical (unpaired) electrons. The third kappa shape index (κ3) is 3.67. The Kier molecular flexibility index (Phi) is 4.19. The van der Waals surface area contributed by atoms with Gasteiger partial charge in [-0.15, -0.1) is 0 Å². The first-order valence-corrected chi connectivity index (χ1v) is 6.36. The molecule has 108 valence electrons. The Balaban J connectivity index is 2.05. The van der Waals surface area contributed by atoms with Crippen LogP contribution in [0.15, 0.2) is 18.2 Å². The predicted octanol–water partition coefficient (Wildman–Crippen LogP) is 1.31. The molecule has 20 heavy (non-hydrogen) atoms. The van der Waals surface area contributed by atoms with E-state index < -0.39 is 11.0 Å². The lowest BCUT2D eigenvalue weighted by atomic mass is 10.1. The molecule has 1 fully saturated rings. The molecule has 0 bridgehead atoms. The summed E-state index contributed by atoms with van der Waals surface area (Å²) in [7, 11) is 0. The minimum absolute atomic E-state index is 0.129. The van der Waals surface area contributed by atoms with Crippen LogP contribution in [0.25, 0.3) is 0 Å². The summed E-state index contributed by atoms with van der Waals surface area (Å²) in [4.78, 5) is 21.7. The first kappa shape index (κ1) is 14.3. The van der Waals surface area contributed by atoms with E-state index in [-0.39, 0.29) is 30.0 Å². The maximum Gasteiger partial charge on any atom is 0.270 e. The number of ether oxygens (including phenoxy) is 1. The molecule has 1 atom stereocenters. The molecular formula is C13H16N2O5. The van der Waals surface area contributed by atoms with Crippen molar-refractivity contribution in [3.05, 3.63) is 33.9 Å². The predicted molar refractivity (Wildman–Crippen MR) is 70.4 cm³/mol. The maximum atomic E-state index is 11.5. The number of rotatable bonds is 6. The Hall–Kier alpha value is -2.15. The van der Waals surface area contributed by atoms with Crippen molar-refractivity contribution >= 4 is 11.6 Å². The highest BCUT2D eigenvalue weighted by atomic mass is 16.6. The van der Waals surface area contributed by atoms with Gasteiger partial charge < -0.3 is 15.2 Å². The fourth-order valence-corrected chi connectivity index (χ4v) is 1.75. The van der Waals surface area contributed by atoms with E-state index in [1.165, 1.54) is 25.1 Å².